The van der Waals surface area contributed by atoms with Gasteiger partial charge in [-0.15, -0.1) is 0 Å². The van der Waals surface area contributed by atoms with Crippen LogP contribution in [-0.2, 0) is 5.41 Å². The third-order valence-corrected chi connectivity index (χ3v) is 13.6. The molecule has 0 N–H and O–H groups in total. The predicted molar refractivity (Wildman–Crippen MR) is 278 cm³/mol. The number of hydrogen-bond acceptors (Lipinski definition) is 1. The van der Waals surface area contributed by atoms with Gasteiger partial charge in [0.25, 0.3) is 0 Å². The van der Waals surface area contributed by atoms with Gasteiger partial charge in [-0.1, -0.05) is 224 Å². The molecular weight excluding hydrogens is 795 g/mol. The molecule has 310 valence electrons. The zero-order chi connectivity index (χ0) is 43.9. The van der Waals surface area contributed by atoms with Crippen LogP contribution in [0.1, 0.15) is 22.3 Å². The van der Waals surface area contributed by atoms with Crippen molar-refractivity contribution in [2.45, 2.75) is 5.41 Å². The van der Waals surface area contributed by atoms with E-state index in [0.29, 0.717) is 0 Å². The van der Waals surface area contributed by atoms with Gasteiger partial charge in [0.15, 0.2) is 0 Å². The number of anilines is 3. The van der Waals surface area contributed by atoms with E-state index in [1.54, 1.807) is 0 Å². The first kappa shape index (κ1) is 39.1. The van der Waals surface area contributed by atoms with Crippen molar-refractivity contribution in [3.05, 3.63) is 295 Å². The lowest BCUT2D eigenvalue weighted by atomic mass is 9.67. The molecule has 0 heterocycles. The van der Waals surface area contributed by atoms with Gasteiger partial charge in [0.1, 0.15) is 0 Å². The molecule has 11 aromatic rings. The second-order valence-corrected chi connectivity index (χ2v) is 17.3. The lowest BCUT2D eigenvalue weighted by Gasteiger charge is -2.34. The molecule has 12 rings (SSSR count). The van der Waals surface area contributed by atoms with E-state index in [1.807, 2.05) is 0 Å². The maximum Gasteiger partial charge on any atom is 0.0713 e. The molecule has 0 saturated carbocycles. The Morgan fingerprint density at radius 2 is 0.652 bits per heavy atom. The van der Waals surface area contributed by atoms with Crippen molar-refractivity contribution in [2.75, 3.05) is 4.90 Å². The maximum absolute atomic E-state index is 2.44. The normalized spacial score (nSPS) is 12.4. The predicted octanol–water partition coefficient (Wildman–Crippen LogP) is 17.3. The van der Waals surface area contributed by atoms with Crippen LogP contribution < -0.4 is 4.90 Å². The van der Waals surface area contributed by atoms with Gasteiger partial charge < -0.3 is 4.90 Å². The van der Waals surface area contributed by atoms with E-state index < -0.39 is 5.41 Å². The first-order valence-corrected chi connectivity index (χ1v) is 22.8. The molecule has 0 amide bonds. The highest BCUT2D eigenvalue weighted by atomic mass is 15.1. The molecule has 1 aliphatic carbocycles. The summed E-state index contributed by atoms with van der Waals surface area (Å²) in [6.07, 6.45) is 0. The highest BCUT2D eigenvalue weighted by molar-refractivity contribution is 5.91. The Balaban J connectivity index is 0.943. The number of fused-ring (bicyclic) bond motifs is 4. The Hall–Kier alpha value is -8.52. The Kier molecular flexibility index (Phi) is 9.81. The first-order chi connectivity index (χ1) is 32.7. The van der Waals surface area contributed by atoms with Crippen molar-refractivity contribution in [1.82, 2.24) is 0 Å². The smallest absolute Gasteiger partial charge is 0.0713 e. The third kappa shape index (κ3) is 6.81. The standard InChI is InChI=1S/C65H45N/c1-4-15-46(16-5-1)48-27-29-49(30-28-48)50-33-38-58(39-34-50)66(60-24-14-19-53(44-60)54-32-31-47-17-10-11-18-52(47)43-54)59-40-35-51(36-41-59)55-37-42-62-61-25-12-13-26-63(61)65(64(62)45-55,56-20-6-2-7-21-56)57-22-8-3-9-23-57/h1-45H. The lowest BCUT2D eigenvalue weighted by molar-refractivity contribution is 0.769. The first-order valence-electron chi connectivity index (χ1n) is 22.8. The van der Waals surface area contributed by atoms with Crippen LogP contribution in [0.3, 0.4) is 0 Å². The van der Waals surface area contributed by atoms with E-state index in [1.165, 1.54) is 88.7 Å². The van der Waals surface area contributed by atoms with Crippen molar-refractivity contribution in [2.24, 2.45) is 0 Å². The number of benzene rings is 11. The number of rotatable bonds is 9. The van der Waals surface area contributed by atoms with Gasteiger partial charge in [-0.2, -0.15) is 0 Å². The quantitative estimate of drug-likeness (QED) is 0.140. The average Bonchev–Trinajstić information content (AvgIpc) is 3.70. The molecule has 0 unspecified atom stereocenters. The fourth-order valence-electron chi connectivity index (χ4n) is 10.4. The lowest BCUT2D eigenvalue weighted by Crippen LogP contribution is -2.28. The van der Waals surface area contributed by atoms with Gasteiger partial charge in [-0.3, -0.25) is 0 Å². The minimum absolute atomic E-state index is 0.451. The van der Waals surface area contributed by atoms with Gasteiger partial charge >= 0.3 is 0 Å². The fourth-order valence-corrected chi connectivity index (χ4v) is 10.4. The topological polar surface area (TPSA) is 3.24 Å². The Morgan fingerprint density at radius 1 is 0.227 bits per heavy atom. The summed E-state index contributed by atoms with van der Waals surface area (Å²) in [5.74, 6) is 0. The Labute approximate surface area is 387 Å². The summed E-state index contributed by atoms with van der Waals surface area (Å²) >= 11 is 0. The van der Waals surface area contributed by atoms with E-state index in [2.05, 4.69) is 278 Å². The van der Waals surface area contributed by atoms with Crippen LogP contribution in [0.5, 0.6) is 0 Å². The Morgan fingerprint density at radius 3 is 1.29 bits per heavy atom. The van der Waals surface area contributed by atoms with Gasteiger partial charge in [0.05, 0.1) is 5.41 Å². The molecule has 0 aliphatic heterocycles. The summed E-state index contributed by atoms with van der Waals surface area (Å²) in [6.45, 7) is 0. The van der Waals surface area contributed by atoms with Crippen LogP contribution in [0.4, 0.5) is 17.1 Å². The van der Waals surface area contributed by atoms with Gasteiger partial charge in [-0.25, -0.2) is 0 Å². The van der Waals surface area contributed by atoms with Crippen LogP contribution >= 0.6 is 0 Å². The molecule has 0 saturated heterocycles. The molecule has 66 heavy (non-hydrogen) atoms. The van der Waals surface area contributed by atoms with E-state index in [9.17, 15) is 0 Å². The van der Waals surface area contributed by atoms with Gasteiger partial charge in [0.2, 0.25) is 0 Å². The summed E-state index contributed by atoms with van der Waals surface area (Å²) < 4.78 is 0. The second-order valence-electron chi connectivity index (χ2n) is 17.3. The molecule has 1 heteroatoms. The SMILES string of the molecule is c1ccc(-c2ccc(-c3ccc(N(c4ccc(-c5ccc6c(c5)C(c5ccccc5)(c5ccccc5)c5ccccc5-6)cc4)c4cccc(-c5ccc6ccccc6c5)c4)cc3)cc2)cc1. The Bertz CT molecular complexity index is 3440. The molecule has 0 spiro atoms. The third-order valence-electron chi connectivity index (χ3n) is 13.6. The zero-order valence-electron chi connectivity index (χ0n) is 36.4. The van der Waals surface area contributed by atoms with Crippen molar-refractivity contribution in [1.29, 1.82) is 0 Å². The second kappa shape index (κ2) is 16.6. The minimum atomic E-state index is -0.451. The monoisotopic (exact) mass is 839 g/mol. The highest BCUT2D eigenvalue weighted by Crippen LogP contribution is 2.56. The molecule has 0 fully saturated rings. The molecule has 0 aromatic heterocycles. The number of hydrogen-bond donors (Lipinski definition) is 0. The molecule has 1 nitrogen and oxygen atoms in total. The summed E-state index contributed by atoms with van der Waals surface area (Å²) in [7, 11) is 0. The summed E-state index contributed by atoms with van der Waals surface area (Å²) in [5.41, 5.74) is 20.1. The summed E-state index contributed by atoms with van der Waals surface area (Å²) in [6, 6.07) is 99.9. The van der Waals surface area contributed by atoms with Crippen molar-refractivity contribution in [3.63, 3.8) is 0 Å². The average molecular weight is 840 g/mol. The highest BCUT2D eigenvalue weighted by Gasteiger charge is 2.46. The maximum atomic E-state index is 2.44. The van der Waals surface area contributed by atoms with Crippen molar-refractivity contribution < 1.29 is 0 Å². The van der Waals surface area contributed by atoms with Crippen LogP contribution in [0.2, 0.25) is 0 Å². The molecular formula is C65H45N. The largest absolute Gasteiger partial charge is 0.310 e. The van der Waals surface area contributed by atoms with Gasteiger partial charge in [-0.05, 0) is 137 Å². The van der Waals surface area contributed by atoms with Crippen LogP contribution in [0.25, 0.3) is 66.4 Å². The summed E-state index contributed by atoms with van der Waals surface area (Å²) in [5, 5.41) is 2.48. The van der Waals surface area contributed by atoms with Crippen LogP contribution in [0.15, 0.2) is 273 Å². The van der Waals surface area contributed by atoms with E-state index in [4.69, 9.17) is 0 Å². The van der Waals surface area contributed by atoms with Gasteiger partial charge in [0, 0.05) is 17.1 Å². The summed E-state index contributed by atoms with van der Waals surface area (Å²) in [4.78, 5) is 2.38. The van der Waals surface area contributed by atoms with Crippen molar-refractivity contribution in [3.8, 4) is 55.6 Å². The van der Waals surface area contributed by atoms with Crippen LogP contribution in [0, 0.1) is 0 Å². The molecule has 1 aliphatic rings. The molecule has 0 bridgehead atoms. The van der Waals surface area contributed by atoms with E-state index >= 15 is 0 Å². The molecule has 0 atom stereocenters. The van der Waals surface area contributed by atoms with Crippen LogP contribution in [-0.4, -0.2) is 0 Å². The van der Waals surface area contributed by atoms with Crippen molar-refractivity contribution >= 4 is 27.8 Å². The zero-order valence-corrected chi connectivity index (χ0v) is 36.4. The molecule has 0 radical (unpaired) electrons. The van der Waals surface area contributed by atoms with E-state index in [-0.39, 0.29) is 0 Å². The minimum Gasteiger partial charge on any atom is -0.310 e. The van der Waals surface area contributed by atoms with E-state index in [0.717, 1.165) is 17.1 Å². The number of nitrogens with zero attached hydrogens (tertiary/aromatic N) is 1. The molecule has 11 aromatic carbocycles. The fraction of sp³-hybridized carbons (Fsp3) is 0.0154.